The van der Waals surface area contributed by atoms with E-state index in [0.29, 0.717) is 17.5 Å². The number of aromatic amines is 1. The van der Waals surface area contributed by atoms with Crippen LogP contribution in [-0.4, -0.2) is 39.3 Å². The fourth-order valence-corrected chi connectivity index (χ4v) is 4.63. The summed E-state index contributed by atoms with van der Waals surface area (Å²) in [6.07, 6.45) is 7.60. The monoisotopic (exact) mass is 448 g/mol. The van der Waals surface area contributed by atoms with E-state index in [0.717, 1.165) is 59.3 Å². The summed E-state index contributed by atoms with van der Waals surface area (Å²) in [4.78, 5) is 23.0. The van der Waals surface area contributed by atoms with Gasteiger partial charge in [-0.05, 0) is 54.2 Å². The van der Waals surface area contributed by atoms with Crippen LogP contribution in [0.2, 0.25) is 5.02 Å². The molecule has 0 spiro atoms. The topological polar surface area (TPSA) is 74.2 Å². The van der Waals surface area contributed by atoms with Gasteiger partial charge in [-0.25, -0.2) is 4.98 Å². The van der Waals surface area contributed by atoms with Crippen LogP contribution in [0.15, 0.2) is 65.8 Å². The van der Waals surface area contributed by atoms with E-state index in [1.54, 1.807) is 10.6 Å². The number of fused-ring (bicyclic) bond motifs is 1. The van der Waals surface area contributed by atoms with Gasteiger partial charge in [0.2, 0.25) is 0 Å². The first-order valence-corrected chi connectivity index (χ1v) is 11.3. The Labute approximate surface area is 191 Å². The number of aliphatic hydroxyl groups excluding tert-OH is 1. The molecule has 7 heteroatoms. The lowest BCUT2D eigenvalue weighted by Crippen LogP contribution is -2.34. The Morgan fingerprint density at radius 3 is 2.75 bits per heavy atom. The molecule has 0 radical (unpaired) electrons. The first kappa shape index (κ1) is 20.8. The van der Waals surface area contributed by atoms with Gasteiger partial charge in [0, 0.05) is 54.1 Å². The number of hydrogen-bond donors (Lipinski definition) is 2. The zero-order valence-corrected chi connectivity index (χ0v) is 18.4. The standard InChI is InChI=1S/C25H25ClN4O2/c26-20-3-1-2-18(10-20)15-30-9-6-19(11-24(30)32)23-14-28-25-22(23)12-21(13-27-25)29-7-4-17(16-31)5-8-29/h1-3,6,9-14,17,31H,4-5,7-8,15-16H2,(H,27,28). The Kier molecular flexibility index (Phi) is 5.72. The lowest BCUT2D eigenvalue weighted by molar-refractivity contribution is 0.203. The molecule has 0 atom stereocenters. The van der Waals surface area contributed by atoms with Crippen LogP contribution in [0.25, 0.3) is 22.2 Å². The zero-order valence-electron chi connectivity index (χ0n) is 17.7. The van der Waals surface area contributed by atoms with E-state index in [2.05, 4.69) is 20.9 Å². The molecule has 4 heterocycles. The van der Waals surface area contributed by atoms with Crippen LogP contribution in [0.5, 0.6) is 0 Å². The minimum absolute atomic E-state index is 0.0629. The van der Waals surface area contributed by atoms with E-state index in [4.69, 9.17) is 11.6 Å². The van der Waals surface area contributed by atoms with Crippen molar-refractivity contribution < 1.29 is 5.11 Å². The maximum atomic E-state index is 12.8. The number of anilines is 1. The molecule has 1 aliphatic rings. The zero-order chi connectivity index (χ0) is 22.1. The number of aromatic nitrogens is 3. The van der Waals surface area contributed by atoms with Gasteiger partial charge in [0.05, 0.1) is 18.4 Å². The fraction of sp³-hybridized carbons (Fsp3) is 0.280. The molecule has 0 amide bonds. The number of H-pyrrole nitrogens is 1. The van der Waals surface area contributed by atoms with E-state index in [1.807, 2.05) is 48.9 Å². The third kappa shape index (κ3) is 4.16. The minimum atomic E-state index is -0.0629. The van der Waals surface area contributed by atoms with Crippen molar-refractivity contribution in [1.29, 1.82) is 0 Å². The summed E-state index contributed by atoms with van der Waals surface area (Å²) in [6, 6.07) is 13.3. The number of nitrogens with one attached hydrogen (secondary N) is 1. The Hall–Kier alpha value is -3.09. The summed E-state index contributed by atoms with van der Waals surface area (Å²) in [6.45, 7) is 2.56. The molecule has 6 nitrogen and oxygen atoms in total. The van der Waals surface area contributed by atoms with Crippen LogP contribution in [0.1, 0.15) is 18.4 Å². The number of benzene rings is 1. The number of piperidine rings is 1. The molecule has 2 N–H and O–H groups in total. The smallest absolute Gasteiger partial charge is 0.251 e. The van der Waals surface area contributed by atoms with Gasteiger partial charge in [-0.1, -0.05) is 23.7 Å². The number of nitrogens with zero attached hydrogens (tertiary/aromatic N) is 3. The molecular weight excluding hydrogens is 424 g/mol. The molecule has 0 unspecified atom stereocenters. The van der Waals surface area contributed by atoms with E-state index < -0.39 is 0 Å². The third-order valence-electron chi connectivity index (χ3n) is 6.30. The Bertz CT molecular complexity index is 1300. The van der Waals surface area contributed by atoms with Gasteiger partial charge in [0.25, 0.3) is 5.56 Å². The number of aliphatic hydroxyl groups is 1. The number of pyridine rings is 2. The molecule has 1 aliphatic heterocycles. The number of halogens is 1. The molecule has 1 saturated heterocycles. The second-order valence-corrected chi connectivity index (χ2v) is 8.85. The van der Waals surface area contributed by atoms with E-state index >= 15 is 0 Å². The van der Waals surface area contributed by atoms with Crippen molar-refractivity contribution in [2.75, 3.05) is 24.6 Å². The highest BCUT2D eigenvalue weighted by molar-refractivity contribution is 6.30. The lowest BCUT2D eigenvalue weighted by atomic mass is 9.97. The predicted molar refractivity (Wildman–Crippen MR) is 128 cm³/mol. The average molecular weight is 449 g/mol. The number of hydrogen-bond acceptors (Lipinski definition) is 4. The Morgan fingerprint density at radius 2 is 2.00 bits per heavy atom. The highest BCUT2D eigenvalue weighted by Gasteiger charge is 2.20. The molecule has 1 fully saturated rings. The highest BCUT2D eigenvalue weighted by Crippen LogP contribution is 2.31. The first-order chi connectivity index (χ1) is 15.6. The first-order valence-electron chi connectivity index (χ1n) is 10.9. The molecule has 5 rings (SSSR count). The quantitative estimate of drug-likeness (QED) is 0.477. The Balaban J connectivity index is 1.43. The third-order valence-corrected chi connectivity index (χ3v) is 6.54. The number of rotatable bonds is 5. The van der Waals surface area contributed by atoms with Crippen LogP contribution in [-0.2, 0) is 6.54 Å². The maximum absolute atomic E-state index is 12.8. The molecular formula is C25H25ClN4O2. The van der Waals surface area contributed by atoms with Crippen LogP contribution in [0.3, 0.4) is 0 Å². The summed E-state index contributed by atoms with van der Waals surface area (Å²) in [5.74, 6) is 0.393. The van der Waals surface area contributed by atoms with Crippen molar-refractivity contribution in [1.82, 2.24) is 14.5 Å². The lowest BCUT2D eigenvalue weighted by Gasteiger charge is -2.32. The average Bonchev–Trinajstić information content (AvgIpc) is 3.24. The molecule has 3 aromatic heterocycles. The van der Waals surface area contributed by atoms with E-state index in [1.165, 1.54) is 0 Å². The van der Waals surface area contributed by atoms with Gasteiger partial charge in [0.1, 0.15) is 5.65 Å². The van der Waals surface area contributed by atoms with Crippen molar-refractivity contribution in [2.24, 2.45) is 5.92 Å². The largest absolute Gasteiger partial charge is 0.396 e. The van der Waals surface area contributed by atoms with Gasteiger partial charge < -0.3 is 19.6 Å². The van der Waals surface area contributed by atoms with Gasteiger partial charge in [-0.15, -0.1) is 0 Å². The molecule has 0 saturated carbocycles. The van der Waals surface area contributed by atoms with E-state index in [-0.39, 0.29) is 12.2 Å². The molecule has 164 valence electrons. The molecule has 0 bridgehead atoms. The van der Waals surface area contributed by atoms with Crippen molar-refractivity contribution in [3.05, 3.63) is 82.0 Å². The van der Waals surface area contributed by atoms with Crippen LogP contribution < -0.4 is 10.5 Å². The fourth-order valence-electron chi connectivity index (χ4n) is 4.42. The van der Waals surface area contributed by atoms with E-state index in [9.17, 15) is 9.90 Å². The summed E-state index contributed by atoms with van der Waals surface area (Å²) >= 11 is 6.07. The van der Waals surface area contributed by atoms with Crippen molar-refractivity contribution >= 4 is 28.3 Å². The minimum Gasteiger partial charge on any atom is -0.396 e. The SMILES string of the molecule is O=c1cc(-c2c[nH]c3ncc(N4CCC(CO)CC4)cc23)ccn1Cc1cccc(Cl)c1. The summed E-state index contributed by atoms with van der Waals surface area (Å²) in [5, 5.41) is 11.1. The highest BCUT2D eigenvalue weighted by atomic mass is 35.5. The molecule has 4 aromatic rings. The summed E-state index contributed by atoms with van der Waals surface area (Å²) < 4.78 is 1.68. The Morgan fingerprint density at radius 1 is 1.16 bits per heavy atom. The molecule has 0 aliphatic carbocycles. The summed E-state index contributed by atoms with van der Waals surface area (Å²) in [7, 11) is 0. The van der Waals surface area contributed by atoms with Crippen molar-refractivity contribution in [2.45, 2.75) is 19.4 Å². The second kappa shape index (κ2) is 8.81. The predicted octanol–water partition coefficient (Wildman–Crippen LogP) is 4.30. The van der Waals surface area contributed by atoms with Gasteiger partial charge in [-0.3, -0.25) is 4.79 Å². The van der Waals surface area contributed by atoms with Crippen molar-refractivity contribution in [3.8, 4) is 11.1 Å². The second-order valence-electron chi connectivity index (χ2n) is 8.42. The normalized spacial score (nSPS) is 14.9. The van der Waals surface area contributed by atoms with Crippen LogP contribution in [0.4, 0.5) is 5.69 Å². The van der Waals surface area contributed by atoms with Gasteiger partial charge in [-0.2, -0.15) is 0 Å². The summed E-state index contributed by atoms with van der Waals surface area (Å²) in [5.41, 5.74) is 4.62. The van der Waals surface area contributed by atoms with Crippen LogP contribution in [0, 0.1) is 5.92 Å². The van der Waals surface area contributed by atoms with Crippen LogP contribution >= 0.6 is 11.6 Å². The maximum Gasteiger partial charge on any atom is 0.251 e. The van der Waals surface area contributed by atoms with Gasteiger partial charge in [0.15, 0.2) is 0 Å². The molecule has 1 aromatic carbocycles. The molecule has 32 heavy (non-hydrogen) atoms. The van der Waals surface area contributed by atoms with Crippen molar-refractivity contribution in [3.63, 3.8) is 0 Å². The van der Waals surface area contributed by atoms with Gasteiger partial charge >= 0.3 is 0 Å².